The molecule has 0 aromatic heterocycles. The first-order chi connectivity index (χ1) is 9.71. The summed E-state index contributed by atoms with van der Waals surface area (Å²) in [7, 11) is 1.59. The molecule has 0 bridgehead atoms. The Morgan fingerprint density at radius 2 is 1.90 bits per heavy atom. The third kappa shape index (κ3) is 5.55. The molecule has 0 unspecified atom stereocenters. The molecule has 0 radical (unpaired) electrons. The first-order valence-corrected chi connectivity index (χ1v) is 7.33. The lowest BCUT2D eigenvalue weighted by atomic mass is 9.94. The van der Waals surface area contributed by atoms with Gasteiger partial charge in [0.25, 0.3) is 0 Å². The Morgan fingerprint density at radius 1 is 1.20 bits per heavy atom. The summed E-state index contributed by atoms with van der Waals surface area (Å²) >= 11 is 0. The van der Waals surface area contributed by atoms with Gasteiger partial charge in [-0.1, -0.05) is 32.6 Å². The summed E-state index contributed by atoms with van der Waals surface area (Å²) in [6.45, 7) is 2.16. The number of unbranched alkanes of at least 4 members (excludes halogenated alkanes) is 3. The van der Waals surface area contributed by atoms with Gasteiger partial charge >= 0.3 is 0 Å². The minimum absolute atomic E-state index is 0.0280. The summed E-state index contributed by atoms with van der Waals surface area (Å²) in [4.78, 5) is 23.2. The topological polar surface area (TPSA) is 43.4 Å². The lowest BCUT2D eigenvalue weighted by molar-refractivity contribution is -0.111. The van der Waals surface area contributed by atoms with Crippen LogP contribution in [0, 0.1) is 5.92 Å². The zero-order valence-electron chi connectivity index (χ0n) is 12.4. The van der Waals surface area contributed by atoms with Crippen LogP contribution in [0.4, 0.5) is 0 Å². The molecule has 1 atom stereocenters. The number of ether oxygens (including phenoxy) is 1. The van der Waals surface area contributed by atoms with Crippen LogP contribution in [0.2, 0.25) is 0 Å². The van der Waals surface area contributed by atoms with Gasteiger partial charge in [-0.2, -0.15) is 0 Å². The molecule has 3 heteroatoms. The molecular formula is C17H24O3. The van der Waals surface area contributed by atoms with Crippen LogP contribution < -0.4 is 4.74 Å². The van der Waals surface area contributed by atoms with Crippen LogP contribution in [0.15, 0.2) is 24.3 Å². The maximum Gasteiger partial charge on any atom is 0.163 e. The molecule has 0 fully saturated rings. The molecule has 1 aromatic rings. The number of hydrogen-bond donors (Lipinski definition) is 0. The van der Waals surface area contributed by atoms with Crippen molar-refractivity contribution in [3.63, 3.8) is 0 Å². The molecule has 0 saturated carbocycles. The van der Waals surface area contributed by atoms with Gasteiger partial charge in [0.1, 0.15) is 12.0 Å². The summed E-state index contributed by atoms with van der Waals surface area (Å²) in [6.07, 6.45) is 6.57. The number of methoxy groups -OCH3 is 1. The second-order valence-electron chi connectivity index (χ2n) is 5.10. The number of Topliss-reactive ketones (excluding diaryl/α,β-unsaturated/α-hetero) is 1. The summed E-state index contributed by atoms with van der Waals surface area (Å²) in [5.74, 6) is 0.606. The van der Waals surface area contributed by atoms with Crippen molar-refractivity contribution >= 4 is 12.1 Å². The van der Waals surface area contributed by atoms with Gasteiger partial charge in [0.15, 0.2) is 5.78 Å². The molecule has 0 N–H and O–H groups in total. The average molecular weight is 276 g/mol. The molecule has 1 rings (SSSR count). The molecule has 0 aliphatic heterocycles. The normalized spacial score (nSPS) is 11.9. The van der Waals surface area contributed by atoms with Crippen molar-refractivity contribution in [1.29, 1.82) is 0 Å². The minimum atomic E-state index is -0.151. The van der Waals surface area contributed by atoms with Crippen LogP contribution in [-0.4, -0.2) is 19.2 Å². The Bertz CT molecular complexity index is 409. The zero-order chi connectivity index (χ0) is 14.8. The van der Waals surface area contributed by atoms with E-state index in [9.17, 15) is 9.59 Å². The van der Waals surface area contributed by atoms with Crippen molar-refractivity contribution < 1.29 is 14.3 Å². The van der Waals surface area contributed by atoms with E-state index in [1.807, 2.05) is 0 Å². The van der Waals surface area contributed by atoms with E-state index in [0.717, 1.165) is 31.3 Å². The standard InChI is InChI=1S/C17H24O3/c1-3-4-5-6-7-14(13-18)12-17(19)15-8-10-16(20-2)11-9-15/h8-11,13-14H,3-7,12H2,1-2H3/t14-/m1/s1. The molecular weight excluding hydrogens is 252 g/mol. The Kier molecular flexibility index (Phi) is 7.63. The predicted molar refractivity (Wildman–Crippen MR) is 80.3 cm³/mol. The number of carbonyl (C=O) groups is 2. The smallest absolute Gasteiger partial charge is 0.163 e. The van der Waals surface area contributed by atoms with Gasteiger partial charge in [0, 0.05) is 17.9 Å². The highest BCUT2D eigenvalue weighted by Gasteiger charge is 2.14. The Balaban J connectivity index is 2.46. The second-order valence-corrected chi connectivity index (χ2v) is 5.10. The van der Waals surface area contributed by atoms with E-state index in [4.69, 9.17) is 4.74 Å². The van der Waals surface area contributed by atoms with Gasteiger partial charge in [0.2, 0.25) is 0 Å². The molecule has 0 saturated heterocycles. The van der Waals surface area contributed by atoms with Crippen LogP contribution in [0.5, 0.6) is 5.75 Å². The fraction of sp³-hybridized carbons (Fsp3) is 0.529. The number of carbonyl (C=O) groups excluding carboxylic acids is 2. The van der Waals surface area contributed by atoms with Crippen molar-refractivity contribution in [2.75, 3.05) is 7.11 Å². The van der Waals surface area contributed by atoms with E-state index in [1.165, 1.54) is 12.8 Å². The highest BCUT2D eigenvalue weighted by Crippen LogP contribution is 2.18. The van der Waals surface area contributed by atoms with Crippen LogP contribution in [-0.2, 0) is 4.79 Å². The van der Waals surface area contributed by atoms with Crippen LogP contribution in [0.25, 0.3) is 0 Å². The molecule has 1 aromatic carbocycles. The largest absolute Gasteiger partial charge is 0.497 e. The number of aldehydes is 1. The molecule has 0 aliphatic carbocycles. The number of benzene rings is 1. The van der Waals surface area contributed by atoms with Gasteiger partial charge < -0.3 is 9.53 Å². The van der Waals surface area contributed by atoms with Crippen molar-refractivity contribution in [3.8, 4) is 5.75 Å². The first kappa shape index (κ1) is 16.4. The summed E-state index contributed by atoms with van der Waals surface area (Å²) in [6, 6.07) is 7.04. The van der Waals surface area contributed by atoms with Crippen molar-refractivity contribution in [2.45, 2.75) is 45.4 Å². The van der Waals surface area contributed by atoms with Crippen molar-refractivity contribution in [2.24, 2.45) is 5.92 Å². The first-order valence-electron chi connectivity index (χ1n) is 7.33. The van der Waals surface area contributed by atoms with Gasteiger partial charge in [0.05, 0.1) is 7.11 Å². The van der Waals surface area contributed by atoms with Gasteiger partial charge in [-0.05, 0) is 30.7 Å². The number of ketones is 1. The third-order valence-electron chi connectivity index (χ3n) is 3.48. The number of hydrogen-bond acceptors (Lipinski definition) is 3. The Morgan fingerprint density at radius 3 is 2.45 bits per heavy atom. The molecule has 0 aliphatic rings. The van der Waals surface area contributed by atoms with Gasteiger partial charge in [-0.25, -0.2) is 0 Å². The lowest BCUT2D eigenvalue weighted by Crippen LogP contribution is -2.10. The fourth-order valence-electron chi connectivity index (χ4n) is 2.18. The van der Waals surface area contributed by atoms with E-state index >= 15 is 0 Å². The van der Waals surface area contributed by atoms with E-state index in [2.05, 4.69) is 6.92 Å². The molecule has 0 heterocycles. The third-order valence-corrected chi connectivity index (χ3v) is 3.48. The molecule has 0 spiro atoms. The van der Waals surface area contributed by atoms with E-state index < -0.39 is 0 Å². The predicted octanol–water partition coefficient (Wildman–Crippen LogP) is 4.05. The molecule has 3 nitrogen and oxygen atoms in total. The van der Waals surface area contributed by atoms with E-state index in [1.54, 1.807) is 31.4 Å². The minimum Gasteiger partial charge on any atom is -0.497 e. The summed E-state index contributed by atoms with van der Waals surface area (Å²) < 4.78 is 5.06. The molecule has 0 amide bonds. The average Bonchev–Trinajstić information content (AvgIpc) is 2.50. The quantitative estimate of drug-likeness (QED) is 0.368. The Labute approximate surface area is 121 Å². The van der Waals surface area contributed by atoms with Gasteiger partial charge in [-0.3, -0.25) is 4.79 Å². The molecule has 110 valence electrons. The Hall–Kier alpha value is -1.64. The highest BCUT2D eigenvalue weighted by molar-refractivity contribution is 5.97. The fourth-order valence-corrected chi connectivity index (χ4v) is 2.18. The van der Waals surface area contributed by atoms with Crippen LogP contribution >= 0.6 is 0 Å². The van der Waals surface area contributed by atoms with Crippen LogP contribution in [0.1, 0.15) is 55.8 Å². The summed E-state index contributed by atoms with van der Waals surface area (Å²) in [5.41, 5.74) is 0.645. The van der Waals surface area contributed by atoms with Gasteiger partial charge in [-0.15, -0.1) is 0 Å². The van der Waals surface area contributed by atoms with Crippen LogP contribution in [0.3, 0.4) is 0 Å². The summed E-state index contributed by atoms with van der Waals surface area (Å²) in [5, 5.41) is 0. The molecule has 20 heavy (non-hydrogen) atoms. The maximum atomic E-state index is 12.1. The zero-order valence-corrected chi connectivity index (χ0v) is 12.4. The lowest BCUT2D eigenvalue weighted by Gasteiger charge is -2.09. The van der Waals surface area contributed by atoms with E-state index in [-0.39, 0.29) is 11.7 Å². The maximum absolute atomic E-state index is 12.1. The second kappa shape index (κ2) is 9.29. The monoisotopic (exact) mass is 276 g/mol. The highest BCUT2D eigenvalue weighted by atomic mass is 16.5. The SMILES string of the molecule is CCCCCC[C@@H](C=O)CC(=O)c1ccc(OC)cc1. The number of rotatable bonds is 10. The van der Waals surface area contributed by atoms with Crippen molar-refractivity contribution in [3.05, 3.63) is 29.8 Å². The van der Waals surface area contributed by atoms with E-state index in [0.29, 0.717) is 12.0 Å². The van der Waals surface area contributed by atoms with Crippen molar-refractivity contribution in [1.82, 2.24) is 0 Å².